The second kappa shape index (κ2) is 5.75. The molecule has 1 aromatic heterocycles. The number of amides is 1. The Balaban J connectivity index is 2.14. The van der Waals surface area contributed by atoms with Crippen LogP contribution in [0, 0.1) is 0 Å². The minimum atomic E-state index is -0.332. The van der Waals surface area contributed by atoms with Crippen molar-refractivity contribution in [3.8, 4) is 0 Å². The maximum atomic E-state index is 12.3. The number of thiazole rings is 1. The predicted octanol–water partition coefficient (Wildman–Crippen LogP) is 4.40. The molecule has 0 radical (unpaired) electrons. The predicted molar refractivity (Wildman–Crippen MR) is 89.8 cm³/mol. The van der Waals surface area contributed by atoms with Gasteiger partial charge in [-0.3, -0.25) is 4.79 Å². The molecule has 0 aliphatic heterocycles. The summed E-state index contributed by atoms with van der Waals surface area (Å²) in [6, 6.07) is 12.9. The van der Waals surface area contributed by atoms with E-state index in [0.29, 0.717) is 15.4 Å². The van der Waals surface area contributed by atoms with Gasteiger partial charge in [0.1, 0.15) is 0 Å². The molecule has 21 heavy (non-hydrogen) atoms. The smallest absolute Gasteiger partial charge is 0.281 e. The second-order valence-electron chi connectivity index (χ2n) is 4.45. The van der Waals surface area contributed by atoms with E-state index < -0.39 is 0 Å². The van der Waals surface area contributed by atoms with Gasteiger partial charge in [0.05, 0.1) is 20.8 Å². The Labute approximate surface area is 138 Å². The molecule has 2 aromatic carbocycles. The molecular weight excluding hydrogens is 372 g/mol. The summed E-state index contributed by atoms with van der Waals surface area (Å²) >= 11 is 10.9. The summed E-state index contributed by atoms with van der Waals surface area (Å²) in [5.41, 5.74) is 1.45. The van der Waals surface area contributed by atoms with Crippen LogP contribution in [0.4, 0.5) is 0 Å². The Kier molecular flexibility index (Phi) is 3.97. The summed E-state index contributed by atoms with van der Waals surface area (Å²) in [5.74, 6) is -0.332. The van der Waals surface area contributed by atoms with Crippen molar-refractivity contribution in [1.29, 1.82) is 0 Å². The molecule has 0 saturated carbocycles. The highest BCUT2D eigenvalue weighted by molar-refractivity contribution is 9.10. The van der Waals surface area contributed by atoms with E-state index >= 15 is 0 Å². The average molecular weight is 382 g/mol. The lowest BCUT2D eigenvalue weighted by molar-refractivity contribution is 0.0998. The Morgan fingerprint density at radius 1 is 1.29 bits per heavy atom. The van der Waals surface area contributed by atoms with Crippen LogP contribution in [0.3, 0.4) is 0 Å². The first kappa shape index (κ1) is 14.5. The quantitative estimate of drug-likeness (QED) is 0.615. The molecule has 0 fully saturated rings. The van der Waals surface area contributed by atoms with Crippen molar-refractivity contribution in [2.24, 2.45) is 12.0 Å². The number of fused-ring (bicyclic) bond motifs is 1. The molecule has 6 heteroatoms. The van der Waals surface area contributed by atoms with Crippen molar-refractivity contribution < 1.29 is 4.79 Å². The Morgan fingerprint density at radius 2 is 2.05 bits per heavy atom. The summed E-state index contributed by atoms with van der Waals surface area (Å²) < 4.78 is 3.97. The lowest BCUT2D eigenvalue weighted by atomic mass is 10.2. The number of benzene rings is 2. The molecule has 0 aliphatic carbocycles. The molecule has 0 unspecified atom stereocenters. The maximum Gasteiger partial charge on any atom is 0.281 e. The van der Waals surface area contributed by atoms with Crippen LogP contribution < -0.4 is 4.80 Å². The van der Waals surface area contributed by atoms with Crippen molar-refractivity contribution in [1.82, 2.24) is 4.57 Å². The normalized spacial score (nSPS) is 12.0. The van der Waals surface area contributed by atoms with Gasteiger partial charge in [0.25, 0.3) is 5.91 Å². The van der Waals surface area contributed by atoms with Gasteiger partial charge in [-0.25, -0.2) is 0 Å². The summed E-state index contributed by atoms with van der Waals surface area (Å²) in [6.07, 6.45) is 0. The summed E-state index contributed by atoms with van der Waals surface area (Å²) in [4.78, 5) is 17.1. The van der Waals surface area contributed by atoms with Crippen LogP contribution in [0.5, 0.6) is 0 Å². The fraction of sp³-hybridized carbons (Fsp3) is 0.0667. The van der Waals surface area contributed by atoms with Crippen LogP contribution in [0.15, 0.2) is 51.9 Å². The first-order chi connectivity index (χ1) is 10.1. The van der Waals surface area contributed by atoms with Crippen molar-refractivity contribution >= 4 is 55.0 Å². The van der Waals surface area contributed by atoms with E-state index in [1.165, 1.54) is 11.3 Å². The molecule has 0 aliphatic rings. The van der Waals surface area contributed by atoms with Gasteiger partial charge in [0.15, 0.2) is 4.80 Å². The van der Waals surface area contributed by atoms with E-state index in [1.807, 2.05) is 29.8 Å². The molecule has 0 bridgehead atoms. The third-order valence-electron chi connectivity index (χ3n) is 3.07. The van der Waals surface area contributed by atoms with Crippen LogP contribution in [0.25, 0.3) is 10.2 Å². The van der Waals surface area contributed by atoms with Gasteiger partial charge in [-0.05, 0) is 30.3 Å². The third-order valence-corrected chi connectivity index (χ3v) is 4.99. The van der Waals surface area contributed by atoms with E-state index in [-0.39, 0.29) is 5.91 Å². The van der Waals surface area contributed by atoms with Crippen molar-refractivity contribution in [3.63, 3.8) is 0 Å². The minimum Gasteiger partial charge on any atom is -0.319 e. The summed E-state index contributed by atoms with van der Waals surface area (Å²) in [5, 5.41) is 0.415. The zero-order valence-corrected chi connectivity index (χ0v) is 14.2. The lowest BCUT2D eigenvalue weighted by Crippen LogP contribution is -2.13. The Bertz CT molecular complexity index is 913. The third kappa shape index (κ3) is 2.81. The number of aryl methyl sites for hydroxylation is 1. The molecule has 3 nitrogen and oxygen atoms in total. The van der Waals surface area contributed by atoms with Crippen molar-refractivity contribution in [2.75, 3.05) is 0 Å². The minimum absolute atomic E-state index is 0.332. The molecule has 0 N–H and O–H groups in total. The molecule has 3 aromatic rings. The van der Waals surface area contributed by atoms with Crippen molar-refractivity contribution in [2.45, 2.75) is 0 Å². The van der Waals surface area contributed by atoms with Gasteiger partial charge < -0.3 is 4.57 Å². The highest BCUT2D eigenvalue weighted by Crippen LogP contribution is 2.22. The van der Waals surface area contributed by atoms with E-state index in [2.05, 4.69) is 20.9 Å². The van der Waals surface area contributed by atoms with E-state index in [0.717, 1.165) is 14.7 Å². The zero-order valence-electron chi connectivity index (χ0n) is 11.0. The fourth-order valence-electron chi connectivity index (χ4n) is 2.00. The van der Waals surface area contributed by atoms with Gasteiger partial charge in [-0.1, -0.05) is 51.0 Å². The highest BCUT2D eigenvalue weighted by atomic mass is 79.9. The van der Waals surface area contributed by atoms with Crippen LogP contribution in [-0.2, 0) is 7.05 Å². The number of hydrogen-bond acceptors (Lipinski definition) is 2. The van der Waals surface area contributed by atoms with Gasteiger partial charge in [-0.2, -0.15) is 4.99 Å². The van der Waals surface area contributed by atoms with Crippen LogP contribution in [0.2, 0.25) is 5.02 Å². The number of nitrogens with zero attached hydrogens (tertiary/aromatic N) is 2. The van der Waals surface area contributed by atoms with Crippen molar-refractivity contribution in [3.05, 3.63) is 62.3 Å². The molecule has 106 valence electrons. The first-order valence-corrected chi connectivity index (χ1v) is 8.13. The molecule has 0 spiro atoms. The maximum absolute atomic E-state index is 12.3. The molecule has 1 amide bonds. The number of halogens is 2. The van der Waals surface area contributed by atoms with Gasteiger partial charge in [0.2, 0.25) is 0 Å². The number of hydrogen-bond donors (Lipinski definition) is 0. The van der Waals surface area contributed by atoms with Gasteiger partial charge >= 0.3 is 0 Å². The Hall–Kier alpha value is -1.43. The molecule has 3 rings (SSSR count). The first-order valence-electron chi connectivity index (χ1n) is 6.15. The standard InChI is InChI=1S/C15H10BrClN2OS/c1-19-12-7-6-9(16)8-13(12)21-15(19)18-14(20)10-4-2-3-5-11(10)17/h2-8H,1H3. The molecule has 0 saturated heterocycles. The topological polar surface area (TPSA) is 34.4 Å². The summed E-state index contributed by atoms with van der Waals surface area (Å²) in [7, 11) is 1.89. The second-order valence-corrected chi connectivity index (χ2v) is 6.78. The average Bonchev–Trinajstić information content (AvgIpc) is 2.75. The Morgan fingerprint density at radius 3 is 2.81 bits per heavy atom. The van der Waals surface area contributed by atoms with Crippen LogP contribution in [-0.4, -0.2) is 10.5 Å². The van der Waals surface area contributed by atoms with Crippen LogP contribution in [0.1, 0.15) is 10.4 Å². The number of carbonyl (C=O) groups excluding carboxylic acids is 1. The van der Waals surface area contributed by atoms with Gasteiger partial charge in [0, 0.05) is 11.5 Å². The monoisotopic (exact) mass is 380 g/mol. The molecule has 1 heterocycles. The number of carbonyl (C=O) groups is 1. The highest BCUT2D eigenvalue weighted by Gasteiger charge is 2.10. The lowest BCUT2D eigenvalue weighted by Gasteiger charge is -1.98. The largest absolute Gasteiger partial charge is 0.319 e. The van der Waals surface area contributed by atoms with E-state index in [1.54, 1.807) is 24.3 Å². The van der Waals surface area contributed by atoms with Gasteiger partial charge in [-0.15, -0.1) is 0 Å². The van der Waals surface area contributed by atoms with Crippen LogP contribution >= 0.6 is 38.9 Å². The zero-order chi connectivity index (χ0) is 15.0. The number of aromatic nitrogens is 1. The van der Waals surface area contributed by atoms with E-state index in [9.17, 15) is 4.79 Å². The number of rotatable bonds is 1. The van der Waals surface area contributed by atoms with E-state index in [4.69, 9.17) is 11.6 Å². The molecular formula is C15H10BrClN2OS. The summed E-state index contributed by atoms with van der Waals surface area (Å²) in [6.45, 7) is 0. The molecule has 0 atom stereocenters. The fourth-order valence-corrected chi connectivity index (χ4v) is 3.78. The SMILES string of the molecule is Cn1c(=NC(=O)c2ccccc2Cl)sc2cc(Br)ccc21.